The summed E-state index contributed by atoms with van der Waals surface area (Å²) in [5.74, 6) is -1.70. The smallest absolute Gasteiger partial charge is 0.159 e. The molecule has 11 atom stereocenters. The predicted octanol–water partition coefficient (Wildman–Crippen LogP) is 0.825. The van der Waals surface area contributed by atoms with Gasteiger partial charge in [-0.15, -0.1) is 0 Å². The summed E-state index contributed by atoms with van der Waals surface area (Å²) in [6, 6.07) is 0. The van der Waals surface area contributed by atoms with E-state index in [0.29, 0.717) is 18.4 Å². The highest BCUT2D eigenvalue weighted by Gasteiger charge is 2.71. The lowest BCUT2D eigenvalue weighted by molar-refractivity contribution is -0.185. The van der Waals surface area contributed by atoms with E-state index >= 15 is 0 Å². The zero-order valence-corrected chi connectivity index (χ0v) is 21.6. The van der Waals surface area contributed by atoms with Crippen molar-refractivity contribution in [2.75, 3.05) is 0 Å². The molecule has 4 aliphatic rings. The first-order chi connectivity index (χ1) is 15.9. The third-order valence-electron chi connectivity index (χ3n) is 10.5. The van der Waals surface area contributed by atoms with Gasteiger partial charge >= 0.3 is 0 Å². The van der Waals surface area contributed by atoms with Crippen LogP contribution in [0.5, 0.6) is 0 Å². The molecule has 4 rings (SSSR count). The number of carbonyl (C=O) groups excluding carboxylic acids is 1. The molecule has 0 saturated heterocycles. The third kappa shape index (κ3) is 3.95. The zero-order chi connectivity index (χ0) is 26.4. The number of ketones is 1. The van der Waals surface area contributed by atoms with Gasteiger partial charge in [-0.2, -0.15) is 0 Å². The topological polar surface area (TPSA) is 159 Å². The van der Waals surface area contributed by atoms with Crippen LogP contribution in [0.2, 0.25) is 0 Å². The number of aliphatic hydroxyl groups excluding tert-OH is 4. The lowest BCUT2D eigenvalue weighted by atomic mass is 9.45. The van der Waals surface area contributed by atoms with Crippen molar-refractivity contribution < 1.29 is 40.5 Å². The van der Waals surface area contributed by atoms with Gasteiger partial charge in [-0.3, -0.25) is 4.79 Å². The Morgan fingerprint density at radius 1 is 1.03 bits per heavy atom. The van der Waals surface area contributed by atoms with Gasteiger partial charge in [0.2, 0.25) is 0 Å². The third-order valence-corrected chi connectivity index (χ3v) is 10.5. The second kappa shape index (κ2) is 8.32. The molecule has 3 fully saturated rings. The fourth-order valence-corrected chi connectivity index (χ4v) is 8.44. The first-order valence-electron chi connectivity index (χ1n) is 13.0. The number of fused-ring (bicyclic) bond motifs is 5. The van der Waals surface area contributed by atoms with Crippen molar-refractivity contribution in [2.24, 2.45) is 28.6 Å². The van der Waals surface area contributed by atoms with E-state index in [4.69, 9.17) is 0 Å². The van der Waals surface area contributed by atoms with Crippen LogP contribution >= 0.6 is 0 Å². The van der Waals surface area contributed by atoms with E-state index in [1.165, 1.54) is 13.0 Å². The second-order valence-corrected chi connectivity index (χ2v) is 13.3. The van der Waals surface area contributed by atoms with Crippen LogP contribution in [0, 0.1) is 28.6 Å². The molecular weight excluding hydrogens is 452 g/mol. The van der Waals surface area contributed by atoms with Gasteiger partial charge < -0.3 is 35.7 Å². The molecule has 0 heterocycles. The predicted molar refractivity (Wildman–Crippen MR) is 128 cm³/mol. The second-order valence-electron chi connectivity index (χ2n) is 13.3. The van der Waals surface area contributed by atoms with Crippen molar-refractivity contribution in [3.63, 3.8) is 0 Å². The van der Waals surface area contributed by atoms with E-state index in [1.54, 1.807) is 13.8 Å². The van der Waals surface area contributed by atoms with Gasteiger partial charge in [0.1, 0.15) is 0 Å². The molecule has 0 bridgehead atoms. The molecule has 8 heteroatoms. The molecule has 7 N–H and O–H groups in total. The molecule has 0 aliphatic heterocycles. The molecule has 8 nitrogen and oxygen atoms in total. The minimum absolute atomic E-state index is 0.0654. The van der Waals surface area contributed by atoms with Crippen molar-refractivity contribution in [3.8, 4) is 0 Å². The van der Waals surface area contributed by atoms with Crippen LogP contribution in [0.25, 0.3) is 0 Å². The number of hydrogen-bond donors (Lipinski definition) is 7. The molecule has 0 radical (unpaired) electrons. The number of carbonyl (C=O) groups is 1. The van der Waals surface area contributed by atoms with E-state index in [0.717, 1.165) is 0 Å². The summed E-state index contributed by atoms with van der Waals surface area (Å²) < 4.78 is 0. The van der Waals surface area contributed by atoms with Gasteiger partial charge in [0.25, 0.3) is 0 Å². The summed E-state index contributed by atoms with van der Waals surface area (Å²) in [7, 11) is 0. The first kappa shape index (κ1) is 27.2. The fraction of sp³-hybridized carbons (Fsp3) is 0.889. The highest BCUT2D eigenvalue weighted by molar-refractivity contribution is 5.95. The average molecular weight is 497 g/mol. The van der Waals surface area contributed by atoms with Crippen LogP contribution in [0.1, 0.15) is 79.6 Å². The molecule has 0 amide bonds. The summed E-state index contributed by atoms with van der Waals surface area (Å²) in [6.45, 7) is 8.51. The minimum atomic E-state index is -1.74. The van der Waals surface area contributed by atoms with E-state index in [9.17, 15) is 40.5 Å². The molecule has 3 saturated carbocycles. The van der Waals surface area contributed by atoms with Crippen molar-refractivity contribution in [1.29, 1.82) is 0 Å². The molecular formula is C27H44O8. The van der Waals surface area contributed by atoms with Crippen molar-refractivity contribution in [2.45, 2.75) is 121 Å². The van der Waals surface area contributed by atoms with Crippen LogP contribution in [-0.2, 0) is 4.79 Å². The van der Waals surface area contributed by atoms with Gasteiger partial charge in [0.05, 0.1) is 41.2 Å². The summed E-state index contributed by atoms with van der Waals surface area (Å²) in [5, 5.41) is 76.7. The van der Waals surface area contributed by atoms with Crippen LogP contribution in [0.15, 0.2) is 11.6 Å². The minimum Gasteiger partial charge on any atom is -0.393 e. The van der Waals surface area contributed by atoms with Crippen LogP contribution in [0.4, 0.5) is 0 Å². The van der Waals surface area contributed by atoms with E-state index in [2.05, 4.69) is 0 Å². The first-order valence-corrected chi connectivity index (χ1v) is 13.0. The normalized spacial score (nSPS) is 48.3. The number of rotatable bonds is 5. The van der Waals surface area contributed by atoms with Gasteiger partial charge in [0, 0.05) is 23.7 Å². The average Bonchev–Trinajstić information content (AvgIpc) is 2.93. The summed E-state index contributed by atoms with van der Waals surface area (Å²) >= 11 is 0. The number of allylic oxidation sites excluding steroid dienone is 1. The number of aliphatic hydroxyl groups is 7. The van der Waals surface area contributed by atoms with Gasteiger partial charge in [-0.1, -0.05) is 13.8 Å². The van der Waals surface area contributed by atoms with E-state index in [1.807, 2.05) is 13.8 Å². The van der Waals surface area contributed by atoms with Crippen LogP contribution in [0.3, 0.4) is 0 Å². The van der Waals surface area contributed by atoms with Crippen LogP contribution < -0.4 is 0 Å². The summed E-state index contributed by atoms with van der Waals surface area (Å²) in [5.41, 5.74) is -5.43. The number of hydrogen-bond acceptors (Lipinski definition) is 8. The van der Waals surface area contributed by atoms with Crippen LogP contribution in [-0.4, -0.2) is 82.7 Å². The van der Waals surface area contributed by atoms with Gasteiger partial charge in [0.15, 0.2) is 5.78 Å². The Hall–Kier alpha value is -0.870. The van der Waals surface area contributed by atoms with Crippen molar-refractivity contribution in [3.05, 3.63) is 11.6 Å². The van der Waals surface area contributed by atoms with Gasteiger partial charge in [-0.05, 0) is 82.3 Å². The van der Waals surface area contributed by atoms with Crippen molar-refractivity contribution in [1.82, 2.24) is 0 Å². The Labute approximate surface area is 207 Å². The Kier molecular flexibility index (Phi) is 6.46. The molecule has 0 spiro atoms. The summed E-state index contributed by atoms with van der Waals surface area (Å²) in [6.07, 6.45) is -0.969. The molecule has 0 aromatic heterocycles. The molecule has 0 aromatic rings. The Bertz CT molecular complexity index is 892. The monoisotopic (exact) mass is 496 g/mol. The lowest BCUT2D eigenvalue weighted by Crippen LogP contribution is -2.63. The lowest BCUT2D eigenvalue weighted by Gasteiger charge is -2.60. The summed E-state index contributed by atoms with van der Waals surface area (Å²) in [4.78, 5) is 13.3. The Balaban J connectivity index is 1.71. The van der Waals surface area contributed by atoms with Gasteiger partial charge in [-0.25, -0.2) is 0 Å². The standard InChI is InChI=1S/C27H44O8/c1-23(2,33)8-7-21(32)26(5,34)22-20(31)13-27(35)15-10-17(28)16-11-18(29)19(30)12-24(16,3)14(15)6-9-25(22,27)4/h10,14,16,18-22,29-35H,6-9,11-13H2,1-5H3/t14?,16-,18+,19-,20?,21+,22-,24+,25+,26?,27+/m0/s1. The zero-order valence-electron chi connectivity index (χ0n) is 21.6. The largest absolute Gasteiger partial charge is 0.393 e. The van der Waals surface area contributed by atoms with Crippen molar-refractivity contribution >= 4 is 5.78 Å². The molecule has 0 aromatic carbocycles. The molecule has 35 heavy (non-hydrogen) atoms. The van der Waals surface area contributed by atoms with E-state index < -0.39 is 63.9 Å². The Morgan fingerprint density at radius 2 is 1.66 bits per heavy atom. The highest BCUT2D eigenvalue weighted by Crippen LogP contribution is 2.68. The SMILES string of the molecule is CC(C)(O)CC[C@@H](O)C(C)(O)[C@H]1C(O)C[C@@]2(O)C3=CC(=O)[C@@H]4C[C@@H](O)[C@@H](O)C[C@]4(C)C3CC[C@]12C. The maximum Gasteiger partial charge on any atom is 0.159 e. The molecule has 4 aliphatic carbocycles. The maximum absolute atomic E-state index is 13.3. The fourth-order valence-electron chi connectivity index (χ4n) is 8.44. The maximum atomic E-state index is 13.3. The molecule has 200 valence electrons. The Morgan fingerprint density at radius 3 is 2.26 bits per heavy atom. The van der Waals surface area contributed by atoms with E-state index in [-0.39, 0.29) is 43.8 Å². The quantitative estimate of drug-likeness (QED) is 0.295. The highest BCUT2D eigenvalue weighted by atomic mass is 16.3. The molecule has 3 unspecified atom stereocenters.